The van der Waals surface area contributed by atoms with E-state index in [-0.39, 0.29) is 11.3 Å². The number of aromatic nitrogens is 4. The van der Waals surface area contributed by atoms with Crippen LogP contribution in [0.4, 0.5) is 0 Å². The van der Waals surface area contributed by atoms with Crippen molar-refractivity contribution in [2.24, 2.45) is 0 Å². The number of fused-ring (bicyclic) bond motifs is 1. The monoisotopic (exact) mass is 375 g/mol. The van der Waals surface area contributed by atoms with Gasteiger partial charge in [-0.15, -0.1) is 0 Å². The van der Waals surface area contributed by atoms with Crippen molar-refractivity contribution in [3.63, 3.8) is 0 Å². The average molecular weight is 375 g/mol. The van der Waals surface area contributed by atoms with Gasteiger partial charge in [-0.1, -0.05) is 13.8 Å². The molecular formula is C16H17N5O4S. The lowest BCUT2D eigenvalue weighted by molar-refractivity contribution is 0.598. The van der Waals surface area contributed by atoms with Crippen molar-refractivity contribution >= 4 is 20.9 Å². The average Bonchev–Trinajstić information content (AvgIpc) is 2.57. The van der Waals surface area contributed by atoms with Crippen LogP contribution in [-0.4, -0.2) is 34.3 Å². The maximum Gasteiger partial charge on any atom is 0.348 e. The standard InChI is InChI=1S/C16H17N5O4S/c1-9(2)11-5-14-13(4-12(11)10-6-17-8-18-7-10)15(22)21(16(23)19-14)20-26(3,24)25/h4-9,20H,1-3H3,(H,19,23). The van der Waals surface area contributed by atoms with E-state index < -0.39 is 21.3 Å². The Labute approximate surface area is 148 Å². The summed E-state index contributed by atoms with van der Waals surface area (Å²) in [5.41, 5.74) is 1.06. The van der Waals surface area contributed by atoms with Gasteiger partial charge in [0.15, 0.2) is 0 Å². The molecule has 2 heterocycles. The first-order valence-corrected chi connectivity index (χ1v) is 9.62. The van der Waals surface area contributed by atoms with Crippen LogP contribution in [0.15, 0.2) is 40.4 Å². The summed E-state index contributed by atoms with van der Waals surface area (Å²) in [5, 5.41) is 0.170. The predicted octanol–water partition coefficient (Wildman–Crippen LogP) is 0.773. The minimum Gasteiger partial charge on any atom is -0.305 e. The van der Waals surface area contributed by atoms with Crippen LogP contribution in [0.1, 0.15) is 25.3 Å². The van der Waals surface area contributed by atoms with Crippen LogP contribution >= 0.6 is 0 Å². The second kappa shape index (κ2) is 6.37. The summed E-state index contributed by atoms with van der Waals surface area (Å²) in [7, 11) is -3.80. The van der Waals surface area contributed by atoms with Crippen LogP contribution in [0.25, 0.3) is 22.0 Å². The second-order valence-electron chi connectivity index (χ2n) is 6.20. The molecule has 0 aliphatic heterocycles. The third kappa shape index (κ3) is 3.36. The zero-order valence-corrected chi connectivity index (χ0v) is 15.2. The lowest BCUT2D eigenvalue weighted by atomic mass is 9.92. The van der Waals surface area contributed by atoms with Crippen molar-refractivity contribution in [1.29, 1.82) is 0 Å². The topological polar surface area (TPSA) is 127 Å². The van der Waals surface area contributed by atoms with Gasteiger partial charge in [0.25, 0.3) is 5.56 Å². The molecule has 0 saturated heterocycles. The first-order valence-electron chi connectivity index (χ1n) is 7.73. The van der Waals surface area contributed by atoms with Gasteiger partial charge < -0.3 is 4.98 Å². The largest absolute Gasteiger partial charge is 0.348 e. The van der Waals surface area contributed by atoms with Gasteiger partial charge in [0.05, 0.1) is 17.2 Å². The molecule has 9 nitrogen and oxygen atoms in total. The molecule has 3 rings (SSSR count). The Morgan fingerprint density at radius 3 is 2.38 bits per heavy atom. The molecule has 1 aromatic carbocycles. The van der Waals surface area contributed by atoms with Gasteiger partial charge in [0, 0.05) is 18.0 Å². The van der Waals surface area contributed by atoms with Crippen LogP contribution < -0.4 is 16.1 Å². The number of rotatable bonds is 4. The highest BCUT2D eigenvalue weighted by Gasteiger charge is 2.16. The van der Waals surface area contributed by atoms with Gasteiger partial charge >= 0.3 is 5.69 Å². The van der Waals surface area contributed by atoms with E-state index in [9.17, 15) is 18.0 Å². The van der Waals surface area contributed by atoms with Crippen molar-refractivity contribution in [2.75, 3.05) is 11.1 Å². The van der Waals surface area contributed by atoms with E-state index in [1.54, 1.807) is 24.5 Å². The fourth-order valence-electron chi connectivity index (χ4n) is 2.70. The van der Waals surface area contributed by atoms with Gasteiger partial charge in [-0.2, -0.15) is 4.68 Å². The summed E-state index contributed by atoms with van der Waals surface area (Å²) in [6.07, 6.45) is 5.51. The molecule has 0 radical (unpaired) electrons. The van der Waals surface area contributed by atoms with E-state index in [1.807, 2.05) is 18.7 Å². The molecule has 136 valence electrons. The molecule has 2 N–H and O–H groups in total. The van der Waals surface area contributed by atoms with Crippen LogP contribution in [0.2, 0.25) is 0 Å². The Bertz CT molecular complexity index is 1200. The van der Waals surface area contributed by atoms with Crippen LogP contribution in [0, 0.1) is 0 Å². The Kier molecular flexibility index (Phi) is 4.36. The lowest BCUT2D eigenvalue weighted by Gasteiger charge is -2.15. The molecule has 0 aliphatic carbocycles. The van der Waals surface area contributed by atoms with Gasteiger partial charge in [-0.25, -0.2) is 28.0 Å². The summed E-state index contributed by atoms with van der Waals surface area (Å²) in [4.78, 5) is 37.3. The summed E-state index contributed by atoms with van der Waals surface area (Å²) < 4.78 is 23.3. The predicted molar refractivity (Wildman–Crippen MR) is 98.1 cm³/mol. The van der Waals surface area contributed by atoms with Crippen molar-refractivity contribution in [3.05, 3.63) is 57.3 Å². The quantitative estimate of drug-likeness (QED) is 0.693. The Balaban J connectivity index is 2.37. The minimum absolute atomic E-state index is 0.106. The Morgan fingerprint density at radius 2 is 1.81 bits per heavy atom. The third-order valence-corrected chi connectivity index (χ3v) is 4.33. The normalized spacial score (nSPS) is 11.8. The summed E-state index contributed by atoms with van der Waals surface area (Å²) in [5.74, 6) is 0.106. The molecule has 0 aliphatic rings. The number of nitrogens with zero attached hydrogens (tertiary/aromatic N) is 3. The Morgan fingerprint density at radius 1 is 1.15 bits per heavy atom. The summed E-state index contributed by atoms with van der Waals surface area (Å²) >= 11 is 0. The first kappa shape index (κ1) is 17.8. The van der Waals surface area contributed by atoms with Gasteiger partial charge in [-0.3, -0.25) is 4.79 Å². The second-order valence-corrected chi connectivity index (χ2v) is 7.93. The van der Waals surface area contributed by atoms with E-state index >= 15 is 0 Å². The molecule has 0 unspecified atom stereocenters. The zero-order valence-electron chi connectivity index (χ0n) is 14.3. The van der Waals surface area contributed by atoms with Crippen LogP contribution in [0.5, 0.6) is 0 Å². The molecule has 3 aromatic rings. The Hall–Kier alpha value is -3.01. The molecular weight excluding hydrogens is 358 g/mol. The molecule has 0 atom stereocenters. The molecule has 2 aromatic heterocycles. The number of aromatic amines is 1. The first-order chi connectivity index (χ1) is 12.2. The van der Waals surface area contributed by atoms with Crippen molar-refractivity contribution in [2.45, 2.75) is 19.8 Å². The number of benzene rings is 1. The van der Waals surface area contributed by atoms with Gasteiger partial charge in [-0.05, 0) is 29.2 Å². The molecule has 0 saturated carbocycles. The summed E-state index contributed by atoms with van der Waals surface area (Å²) in [6.45, 7) is 3.97. The molecule has 10 heteroatoms. The third-order valence-electron chi connectivity index (χ3n) is 3.82. The minimum atomic E-state index is -3.80. The maximum atomic E-state index is 12.7. The number of hydrogen-bond acceptors (Lipinski definition) is 6. The van der Waals surface area contributed by atoms with E-state index in [0.717, 1.165) is 17.4 Å². The fourth-order valence-corrected chi connectivity index (χ4v) is 3.19. The smallest absolute Gasteiger partial charge is 0.305 e. The number of hydrogen-bond donors (Lipinski definition) is 2. The highest BCUT2D eigenvalue weighted by atomic mass is 32.2. The van der Waals surface area contributed by atoms with E-state index in [0.29, 0.717) is 15.8 Å². The van der Waals surface area contributed by atoms with Gasteiger partial charge in [0.2, 0.25) is 10.0 Å². The number of nitrogens with one attached hydrogen (secondary N) is 2. The maximum absolute atomic E-state index is 12.7. The van der Waals surface area contributed by atoms with Crippen LogP contribution in [-0.2, 0) is 10.0 Å². The highest BCUT2D eigenvalue weighted by Crippen LogP contribution is 2.30. The molecule has 0 bridgehead atoms. The SMILES string of the molecule is CC(C)c1cc2[nH]c(=O)n(NS(C)(=O)=O)c(=O)c2cc1-c1cncnc1. The number of sulfonamides is 1. The highest BCUT2D eigenvalue weighted by molar-refractivity contribution is 7.91. The van der Waals surface area contributed by atoms with Crippen molar-refractivity contribution in [3.8, 4) is 11.1 Å². The lowest BCUT2D eigenvalue weighted by Crippen LogP contribution is -2.43. The van der Waals surface area contributed by atoms with Crippen molar-refractivity contribution < 1.29 is 8.42 Å². The van der Waals surface area contributed by atoms with E-state index in [4.69, 9.17) is 0 Å². The zero-order chi connectivity index (χ0) is 19.1. The molecule has 0 fully saturated rings. The number of H-pyrrole nitrogens is 1. The summed E-state index contributed by atoms with van der Waals surface area (Å²) in [6, 6.07) is 3.33. The molecule has 0 spiro atoms. The molecule has 0 amide bonds. The van der Waals surface area contributed by atoms with Crippen molar-refractivity contribution in [1.82, 2.24) is 19.6 Å². The molecule has 26 heavy (non-hydrogen) atoms. The fraction of sp³-hybridized carbons (Fsp3) is 0.250. The van der Waals surface area contributed by atoms with Gasteiger partial charge in [0.1, 0.15) is 6.33 Å². The van der Waals surface area contributed by atoms with Crippen LogP contribution in [0.3, 0.4) is 0 Å². The van der Waals surface area contributed by atoms with E-state index in [1.165, 1.54) is 6.33 Å². The van der Waals surface area contributed by atoms with E-state index in [2.05, 4.69) is 15.0 Å².